The number of amides is 1. The van der Waals surface area contributed by atoms with Gasteiger partial charge in [0.2, 0.25) is 0 Å². The number of nitrogens with zero attached hydrogens (tertiary/aromatic N) is 2. The Morgan fingerprint density at radius 3 is 2.76 bits per heavy atom. The Kier molecular flexibility index (Phi) is 5.22. The summed E-state index contributed by atoms with van der Waals surface area (Å²) in [6.45, 7) is 0.344. The first kappa shape index (κ1) is 17.3. The molecule has 3 rings (SSSR count). The van der Waals surface area contributed by atoms with Crippen LogP contribution in [-0.2, 0) is 17.8 Å². The third kappa shape index (κ3) is 3.93. The van der Waals surface area contributed by atoms with Crippen molar-refractivity contribution in [1.29, 1.82) is 0 Å². The van der Waals surface area contributed by atoms with Crippen LogP contribution in [0.5, 0.6) is 5.75 Å². The predicted octanol–water partition coefficient (Wildman–Crippen LogP) is 3.67. The Hall–Kier alpha value is -2.55. The van der Waals surface area contributed by atoms with Gasteiger partial charge in [0, 0.05) is 5.02 Å². The van der Waals surface area contributed by atoms with E-state index in [9.17, 15) is 4.79 Å². The molecule has 25 heavy (non-hydrogen) atoms. The molecule has 1 amide bonds. The summed E-state index contributed by atoms with van der Waals surface area (Å²) in [7, 11) is 1.60. The monoisotopic (exact) mass is 370 g/mol. The number of ether oxygens (including phenoxy) is 1. The van der Waals surface area contributed by atoms with Crippen LogP contribution in [0.15, 0.2) is 47.5 Å². The highest BCUT2D eigenvalue weighted by atomic mass is 35.5. The van der Waals surface area contributed by atoms with Gasteiger partial charge in [0.1, 0.15) is 5.75 Å². The van der Waals surface area contributed by atoms with E-state index in [0.717, 1.165) is 21.5 Å². The van der Waals surface area contributed by atoms with Gasteiger partial charge >= 0.3 is 0 Å². The first-order valence-electron chi connectivity index (χ1n) is 7.53. The molecule has 0 spiro atoms. The summed E-state index contributed by atoms with van der Waals surface area (Å²) in [6, 6.07) is 12.9. The SMILES string of the molecule is C#CCn1c(=NC(=O)Cc2ccc(OC)cc2)sc2cc(Cl)ccc21. The molecule has 0 fully saturated rings. The lowest BCUT2D eigenvalue weighted by atomic mass is 10.1. The van der Waals surface area contributed by atoms with E-state index in [0.29, 0.717) is 16.4 Å². The van der Waals surface area contributed by atoms with Crippen LogP contribution in [0.3, 0.4) is 0 Å². The van der Waals surface area contributed by atoms with Gasteiger partial charge < -0.3 is 9.30 Å². The number of carbonyl (C=O) groups excluding carboxylic acids is 1. The number of carbonyl (C=O) groups is 1. The van der Waals surface area contributed by atoms with E-state index in [1.807, 2.05) is 41.0 Å². The summed E-state index contributed by atoms with van der Waals surface area (Å²) >= 11 is 7.44. The number of hydrogen-bond donors (Lipinski definition) is 0. The minimum atomic E-state index is -0.228. The molecule has 0 unspecified atom stereocenters. The fourth-order valence-corrected chi connectivity index (χ4v) is 3.76. The largest absolute Gasteiger partial charge is 0.497 e. The van der Waals surface area contributed by atoms with Crippen LogP contribution in [0.1, 0.15) is 5.56 Å². The highest BCUT2D eigenvalue weighted by molar-refractivity contribution is 7.16. The lowest BCUT2D eigenvalue weighted by Crippen LogP contribution is -2.17. The van der Waals surface area contributed by atoms with Crippen molar-refractivity contribution < 1.29 is 9.53 Å². The molecular weight excluding hydrogens is 356 g/mol. The number of benzene rings is 2. The summed E-state index contributed by atoms with van der Waals surface area (Å²) in [5.41, 5.74) is 1.80. The zero-order valence-electron chi connectivity index (χ0n) is 13.5. The summed E-state index contributed by atoms with van der Waals surface area (Å²) in [5.74, 6) is 3.13. The van der Waals surface area contributed by atoms with Crippen molar-refractivity contribution in [3.8, 4) is 18.1 Å². The second-order valence-corrected chi connectivity index (χ2v) is 6.76. The second kappa shape index (κ2) is 7.56. The third-order valence-electron chi connectivity index (χ3n) is 3.63. The molecule has 0 aliphatic carbocycles. The zero-order chi connectivity index (χ0) is 17.8. The Labute approximate surface area is 154 Å². The number of rotatable bonds is 4. The number of methoxy groups -OCH3 is 1. The van der Waals surface area contributed by atoms with Crippen LogP contribution in [0.2, 0.25) is 5.02 Å². The molecule has 0 atom stereocenters. The topological polar surface area (TPSA) is 43.6 Å². The average molecular weight is 371 g/mol. The quantitative estimate of drug-likeness (QED) is 0.658. The summed E-state index contributed by atoms with van der Waals surface area (Å²) in [4.78, 5) is 17.2. The van der Waals surface area contributed by atoms with Crippen LogP contribution in [-0.4, -0.2) is 17.6 Å². The Morgan fingerprint density at radius 1 is 1.32 bits per heavy atom. The fourth-order valence-electron chi connectivity index (χ4n) is 2.44. The Bertz CT molecular complexity index is 1030. The van der Waals surface area contributed by atoms with Gasteiger partial charge in [-0.05, 0) is 35.9 Å². The number of aromatic nitrogens is 1. The molecule has 1 aromatic heterocycles. The van der Waals surface area contributed by atoms with Gasteiger partial charge in [-0.2, -0.15) is 4.99 Å². The molecule has 0 aliphatic rings. The number of thiazole rings is 1. The number of halogens is 1. The molecule has 4 nitrogen and oxygen atoms in total. The van der Waals surface area contributed by atoms with Gasteiger partial charge in [0.15, 0.2) is 4.80 Å². The predicted molar refractivity (Wildman–Crippen MR) is 101 cm³/mol. The van der Waals surface area contributed by atoms with Crippen LogP contribution in [0.25, 0.3) is 10.2 Å². The van der Waals surface area contributed by atoms with E-state index in [2.05, 4.69) is 10.9 Å². The maximum absolute atomic E-state index is 12.4. The van der Waals surface area contributed by atoms with Gasteiger partial charge in [0.25, 0.3) is 5.91 Å². The maximum Gasteiger partial charge on any atom is 0.252 e. The highest BCUT2D eigenvalue weighted by Crippen LogP contribution is 2.21. The fraction of sp³-hybridized carbons (Fsp3) is 0.158. The number of hydrogen-bond acceptors (Lipinski definition) is 3. The molecule has 1 heterocycles. The minimum Gasteiger partial charge on any atom is -0.497 e. The van der Waals surface area contributed by atoms with Crippen LogP contribution in [0, 0.1) is 12.3 Å². The third-order valence-corrected chi connectivity index (χ3v) is 4.91. The van der Waals surface area contributed by atoms with Crippen LogP contribution < -0.4 is 9.54 Å². The van der Waals surface area contributed by atoms with E-state index < -0.39 is 0 Å². The molecule has 126 valence electrons. The first-order chi connectivity index (χ1) is 12.1. The van der Waals surface area contributed by atoms with Crippen molar-refractivity contribution in [3.05, 3.63) is 57.9 Å². The Balaban J connectivity index is 1.94. The van der Waals surface area contributed by atoms with Gasteiger partial charge in [-0.25, -0.2) is 0 Å². The van der Waals surface area contributed by atoms with Crippen molar-refractivity contribution in [2.45, 2.75) is 13.0 Å². The van der Waals surface area contributed by atoms with Gasteiger partial charge in [-0.15, -0.1) is 6.42 Å². The second-order valence-electron chi connectivity index (χ2n) is 5.32. The van der Waals surface area contributed by atoms with Gasteiger partial charge in [0.05, 0.1) is 30.3 Å². The molecule has 0 radical (unpaired) electrons. The molecule has 0 N–H and O–H groups in total. The van der Waals surface area contributed by atoms with Crippen molar-refractivity contribution in [1.82, 2.24) is 4.57 Å². The summed E-state index contributed by atoms with van der Waals surface area (Å²) in [6.07, 6.45) is 5.68. The lowest BCUT2D eigenvalue weighted by Gasteiger charge is -2.01. The molecule has 6 heteroatoms. The maximum atomic E-state index is 12.4. The lowest BCUT2D eigenvalue weighted by molar-refractivity contribution is -0.117. The molecule has 0 saturated heterocycles. The standard InChI is InChI=1S/C19H15ClN2O2S/c1-3-10-22-16-9-6-14(20)12-17(16)25-19(22)21-18(23)11-13-4-7-15(24-2)8-5-13/h1,4-9,12H,10-11H2,2H3. The number of terminal acetylenes is 1. The number of fused-ring (bicyclic) bond motifs is 1. The zero-order valence-corrected chi connectivity index (χ0v) is 15.1. The van der Waals surface area contributed by atoms with Crippen molar-refractivity contribution in [3.63, 3.8) is 0 Å². The van der Waals surface area contributed by atoms with Crippen molar-refractivity contribution >= 4 is 39.1 Å². The van der Waals surface area contributed by atoms with E-state index in [1.54, 1.807) is 13.2 Å². The Morgan fingerprint density at radius 2 is 2.08 bits per heavy atom. The van der Waals surface area contributed by atoms with E-state index in [-0.39, 0.29) is 12.3 Å². The molecule has 0 aliphatic heterocycles. The molecule has 0 bridgehead atoms. The average Bonchev–Trinajstić information content (AvgIpc) is 2.92. The normalized spacial score (nSPS) is 11.5. The van der Waals surface area contributed by atoms with Crippen molar-refractivity contribution in [2.75, 3.05) is 7.11 Å². The highest BCUT2D eigenvalue weighted by Gasteiger charge is 2.08. The smallest absolute Gasteiger partial charge is 0.252 e. The molecule has 3 aromatic rings. The van der Waals surface area contributed by atoms with Gasteiger partial charge in [-0.3, -0.25) is 4.79 Å². The van der Waals surface area contributed by atoms with Crippen LogP contribution in [0.4, 0.5) is 0 Å². The minimum absolute atomic E-state index is 0.217. The summed E-state index contributed by atoms with van der Waals surface area (Å²) in [5, 5.41) is 0.637. The summed E-state index contributed by atoms with van der Waals surface area (Å²) < 4.78 is 7.91. The molecular formula is C19H15ClN2O2S. The van der Waals surface area contributed by atoms with E-state index in [4.69, 9.17) is 22.8 Å². The van der Waals surface area contributed by atoms with Gasteiger partial charge in [-0.1, -0.05) is 41.0 Å². The van der Waals surface area contributed by atoms with Crippen LogP contribution >= 0.6 is 22.9 Å². The molecule has 2 aromatic carbocycles. The molecule has 0 saturated carbocycles. The van der Waals surface area contributed by atoms with E-state index >= 15 is 0 Å². The first-order valence-corrected chi connectivity index (χ1v) is 8.73. The van der Waals surface area contributed by atoms with Crippen molar-refractivity contribution in [2.24, 2.45) is 4.99 Å². The van der Waals surface area contributed by atoms with E-state index in [1.165, 1.54) is 11.3 Å².